The van der Waals surface area contributed by atoms with Crippen LogP contribution in [0.25, 0.3) is 0 Å². The number of carbonyl (C=O) groups is 1. The van der Waals surface area contributed by atoms with Gasteiger partial charge in [-0.15, -0.1) is 22.6 Å². The summed E-state index contributed by atoms with van der Waals surface area (Å²) in [5.41, 5.74) is 6.23. The van der Waals surface area contributed by atoms with Crippen molar-refractivity contribution in [3.8, 4) is 0 Å². The van der Waals surface area contributed by atoms with Crippen LogP contribution in [0.3, 0.4) is 0 Å². The van der Waals surface area contributed by atoms with E-state index in [0.717, 1.165) is 31.0 Å². The second kappa shape index (κ2) is 9.35. The van der Waals surface area contributed by atoms with E-state index < -0.39 is 4.92 Å². The van der Waals surface area contributed by atoms with Crippen molar-refractivity contribution < 1.29 is 9.72 Å². The molecule has 1 fully saturated rings. The second-order valence-corrected chi connectivity index (χ2v) is 7.70. The fourth-order valence-electron chi connectivity index (χ4n) is 3.26. The van der Waals surface area contributed by atoms with Crippen molar-refractivity contribution in [3.05, 3.63) is 40.2 Å². The number of benzene rings is 1. The Bertz CT molecular complexity index is 859. The summed E-state index contributed by atoms with van der Waals surface area (Å²) in [5, 5.41) is 19.8. The molecule has 1 aliphatic rings. The van der Waals surface area contributed by atoms with Crippen molar-refractivity contribution in [1.82, 2.24) is 19.7 Å². The molecule has 0 aliphatic carbocycles. The molecule has 1 aromatic heterocycles. The van der Waals surface area contributed by atoms with Gasteiger partial charge in [0.05, 0.1) is 9.82 Å². The topological polar surface area (TPSA) is 120 Å². The molecule has 9 nitrogen and oxygen atoms in total. The van der Waals surface area contributed by atoms with Gasteiger partial charge in [0.15, 0.2) is 5.16 Å². The summed E-state index contributed by atoms with van der Waals surface area (Å²) in [4.78, 5) is 26.2. The zero-order valence-electron chi connectivity index (χ0n) is 15.6. The van der Waals surface area contributed by atoms with Crippen LogP contribution in [0, 0.1) is 10.1 Å². The number of halogens is 1. The Hall–Kier alpha value is -2.17. The third kappa shape index (κ3) is 4.62. The van der Waals surface area contributed by atoms with Crippen molar-refractivity contribution in [2.75, 3.05) is 6.54 Å². The number of likely N-dealkylation sites (tertiary alicyclic amines) is 1. The Balaban J connectivity index is 0.00000280. The minimum atomic E-state index is -0.477. The predicted octanol–water partition coefficient (Wildman–Crippen LogP) is 2.64. The van der Waals surface area contributed by atoms with Gasteiger partial charge in [0.25, 0.3) is 11.6 Å². The summed E-state index contributed by atoms with van der Waals surface area (Å²) >= 11 is 1.14. The highest BCUT2D eigenvalue weighted by Crippen LogP contribution is 2.34. The Labute approximate surface area is 173 Å². The standard InChI is InChI=1S/C17H22N6O3S.ClH/c1-11(18)13-5-3-4-8-22(13)16(24)12-6-7-15(14(9-12)23(25)26)27-17-20-19-10-21(17)2;/h6-7,9-11,13H,3-5,8,18H2,1-2H3;1H. The van der Waals surface area contributed by atoms with Gasteiger partial charge in [-0.3, -0.25) is 14.9 Å². The minimum Gasteiger partial charge on any atom is -0.334 e. The van der Waals surface area contributed by atoms with Crippen LogP contribution in [0.4, 0.5) is 5.69 Å². The Morgan fingerprint density at radius 1 is 1.43 bits per heavy atom. The van der Waals surface area contributed by atoms with Crippen molar-refractivity contribution in [2.45, 2.75) is 48.3 Å². The normalized spacial score (nSPS) is 17.7. The molecule has 1 aliphatic heterocycles. The molecule has 2 aromatic rings. The number of nitrogens with two attached hydrogens (primary N) is 1. The van der Waals surface area contributed by atoms with Crippen LogP contribution in [-0.4, -0.2) is 49.1 Å². The predicted molar refractivity (Wildman–Crippen MR) is 108 cm³/mol. The largest absolute Gasteiger partial charge is 0.334 e. The number of amides is 1. The number of hydrogen-bond donors (Lipinski definition) is 1. The number of hydrogen-bond acceptors (Lipinski definition) is 7. The zero-order chi connectivity index (χ0) is 19.6. The van der Waals surface area contributed by atoms with Crippen LogP contribution < -0.4 is 5.73 Å². The van der Waals surface area contributed by atoms with E-state index in [-0.39, 0.29) is 36.1 Å². The molecule has 2 unspecified atom stereocenters. The number of piperidine rings is 1. The maximum Gasteiger partial charge on any atom is 0.284 e. The maximum absolute atomic E-state index is 13.0. The van der Waals surface area contributed by atoms with Gasteiger partial charge in [-0.05, 0) is 50.1 Å². The highest BCUT2D eigenvalue weighted by molar-refractivity contribution is 7.99. The molecule has 1 aromatic carbocycles. The van der Waals surface area contributed by atoms with Crippen molar-refractivity contribution in [2.24, 2.45) is 12.8 Å². The Morgan fingerprint density at radius 2 is 2.18 bits per heavy atom. The number of nitro groups is 1. The summed E-state index contributed by atoms with van der Waals surface area (Å²) < 4.78 is 1.68. The molecule has 0 radical (unpaired) electrons. The number of aromatic nitrogens is 3. The molecule has 1 amide bonds. The molecule has 3 rings (SSSR count). The SMILES string of the molecule is CC(N)C1CCCCN1C(=O)c1ccc(Sc2nncn2C)c([N+](=O)[O-])c1.Cl. The highest BCUT2D eigenvalue weighted by atomic mass is 35.5. The lowest BCUT2D eigenvalue weighted by molar-refractivity contribution is -0.387. The molecule has 28 heavy (non-hydrogen) atoms. The molecular weight excluding hydrogens is 404 g/mol. The van der Waals surface area contributed by atoms with Crippen molar-refractivity contribution in [3.63, 3.8) is 0 Å². The summed E-state index contributed by atoms with van der Waals surface area (Å²) in [7, 11) is 1.76. The first-order valence-corrected chi connectivity index (χ1v) is 9.57. The Morgan fingerprint density at radius 3 is 2.79 bits per heavy atom. The quantitative estimate of drug-likeness (QED) is 0.576. The van der Waals surface area contributed by atoms with Gasteiger partial charge in [0, 0.05) is 37.3 Å². The first-order chi connectivity index (χ1) is 12.9. The maximum atomic E-state index is 13.0. The smallest absolute Gasteiger partial charge is 0.284 e. The lowest BCUT2D eigenvalue weighted by Crippen LogP contribution is -2.51. The molecule has 2 atom stereocenters. The van der Waals surface area contributed by atoms with E-state index in [0.29, 0.717) is 22.2 Å². The molecule has 0 bridgehead atoms. The molecule has 11 heteroatoms. The van der Waals surface area contributed by atoms with Crippen LogP contribution in [0.15, 0.2) is 34.6 Å². The summed E-state index contributed by atoms with van der Waals surface area (Å²) in [6, 6.07) is 4.37. The summed E-state index contributed by atoms with van der Waals surface area (Å²) in [5.74, 6) is -0.213. The molecule has 0 saturated carbocycles. The summed E-state index contributed by atoms with van der Waals surface area (Å²) in [6.07, 6.45) is 4.32. The van der Waals surface area contributed by atoms with Gasteiger partial charge in [-0.1, -0.05) is 0 Å². The molecule has 152 valence electrons. The Kier molecular flexibility index (Phi) is 7.39. The number of nitro benzene ring substituents is 1. The monoisotopic (exact) mass is 426 g/mol. The molecule has 2 N–H and O–H groups in total. The van der Waals surface area contributed by atoms with Crippen molar-refractivity contribution in [1.29, 1.82) is 0 Å². The van der Waals surface area contributed by atoms with Gasteiger partial charge in [0.1, 0.15) is 6.33 Å². The fourth-order valence-corrected chi connectivity index (χ4v) is 4.11. The average Bonchev–Trinajstić information content (AvgIpc) is 3.06. The van der Waals surface area contributed by atoms with E-state index in [4.69, 9.17) is 5.73 Å². The van der Waals surface area contributed by atoms with Gasteiger partial charge < -0.3 is 15.2 Å². The third-order valence-corrected chi connectivity index (χ3v) is 5.81. The molecule has 2 heterocycles. The van der Waals surface area contributed by atoms with Gasteiger partial charge >= 0.3 is 0 Å². The number of rotatable bonds is 5. The first-order valence-electron chi connectivity index (χ1n) is 8.75. The first kappa shape index (κ1) is 22.1. The van der Waals surface area contributed by atoms with Crippen LogP contribution >= 0.6 is 24.2 Å². The molecular formula is C17H23ClN6O3S. The highest BCUT2D eigenvalue weighted by Gasteiger charge is 2.31. The number of carbonyl (C=O) groups excluding carboxylic acids is 1. The van der Waals surface area contributed by atoms with Crippen LogP contribution in [0.2, 0.25) is 0 Å². The molecule has 1 saturated heterocycles. The summed E-state index contributed by atoms with van der Waals surface area (Å²) in [6.45, 7) is 2.51. The zero-order valence-corrected chi connectivity index (χ0v) is 17.3. The van der Waals surface area contributed by atoms with E-state index in [1.807, 2.05) is 6.92 Å². The van der Waals surface area contributed by atoms with Gasteiger partial charge in [-0.25, -0.2) is 0 Å². The minimum absolute atomic E-state index is 0. The van der Waals surface area contributed by atoms with E-state index in [2.05, 4.69) is 10.2 Å². The van der Waals surface area contributed by atoms with Crippen LogP contribution in [0.5, 0.6) is 0 Å². The number of aryl methyl sites for hydroxylation is 1. The second-order valence-electron chi connectivity index (χ2n) is 6.69. The van der Waals surface area contributed by atoms with E-state index in [1.54, 1.807) is 28.6 Å². The third-order valence-electron chi connectivity index (χ3n) is 4.69. The van der Waals surface area contributed by atoms with E-state index in [9.17, 15) is 14.9 Å². The molecule has 0 spiro atoms. The van der Waals surface area contributed by atoms with Gasteiger partial charge in [-0.2, -0.15) is 0 Å². The van der Waals surface area contributed by atoms with Crippen molar-refractivity contribution >= 4 is 35.8 Å². The van der Waals surface area contributed by atoms with E-state index >= 15 is 0 Å². The average molecular weight is 427 g/mol. The van der Waals surface area contributed by atoms with Crippen LogP contribution in [0.1, 0.15) is 36.5 Å². The fraction of sp³-hybridized carbons (Fsp3) is 0.471. The van der Waals surface area contributed by atoms with Crippen LogP contribution in [-0.2, 0) is 7.05 Å². The lowest BCUT2D eigenvalue weighted by atomic mass is 9.96. The van der Waals surface area contributed by atoms with E-state index in [1.165, 1.54) is 12.4 Å². The lowest BCUT2D eigenvalue weighted by Gasteiger charge is -2.38. The number of nitrogens with zero attached hydrogens (tertiary/aromatic N) is 5. The van der Waals surface area contributed by atoms with Gasteiger partial charge in [0.2, 0.25) is 0 Å².